The van der Waals surface area contributed by atoms with Crippen molar-refractivity contribution in [3.8, 4) is 17.1 Å². The van der Waals surface area contributed by atoms with Gasteiger partial charge in [-0.15, -0.1) is 10.2 Å². The van der Waals surface area contributed by atoms with Crippen LogP contribution < -0.4 is 5.32 Å². The summed E-state index contributed by atoms with van der Waals surface area (Å²) in [5.74, 6) is 0.774. The summed E-state index contributed by atoms with van der Waals surface area (Å²) in [6.07, 6.45) is 4.53. The van der Waals surface area contributed by atoms with E-state index in [0.717, 1.165) is 29.9 Å². The maximum absolute atomic E-state index is 12.7. The van der Waals surface area contributed by atoms with Gasteiger partial charge in [-0.1, -0.05) is 54.4 Å². The molecule has 1 aromatic heterocycles. The van der Waals surface area contributed by atoms with Crippen LogP contribution in [0, 0.1) is 0 Å². The number of carbonyl (C=O) groups excluding carboxylic acids is 1. The molecule has 0 saturated heterocycles. The van der Waals surface area contributed by atoms with Gasteiger partial charge in [0, 0.05) is 22.3 Å². The van der Waals surface area contributed by atoms with Gasteiger partial charge in [0.1, 0.15) is 0 Å². The highest BCUT2D eigenvalue weighted by Crippen LogP contribution is 2.31. The predicted octanol–water partition coefficient (Wildman–Crippen LogP) is 5.13. The van der Waals surface area contributed by atoms with Gasteiger partial charge in [-0.3, -0.25) is 9.36 Å². The van der Waals surface area contributed by atoms with Crippen molar-refractivity contribution in [3.63, 3.8) is 0 Å². The minimum absolute atomic E-state index is 0.0533. The van der Waals surface area contributed by atoms with Crippen LogP contribution in [0.4, 0.5) is 0 Å². The number of thioether (sulfide) groups is 1. The molecule has 1 atom stereocenters. The van der Waals surface area contributed by atoms with E-state index in [2.05, 4.69) is 15.5 Å². The molecule has 150 valence electrons. The van der Waals surface area contributed by atoms with Crippen LogP contribution in [0.15, 0.2) is 59.8 Å². The topological polar surface area (TPSA) is 59.8 Å². The summed E-state index contributed by atoms with van der Waals surface area (Å²) in [7, 11) is 0. The lowest BCUT2D eigenvalue weighted by Gasteiger charge is -2.17. The van der Waals surface area contributed by atoms with Gasteiger partial charge in [0.2, 0.25) is 5.91 Å². The molecule has 7 heteroatoms. The Kier molecular flexibility index (Phi) is 6.21. The van der Waals surface area contributed by atoms with Crippen molar-refractivity contribution >= 4 is 29.3 Å². The number of nitrogens with zero attached hydrogens (tertiary/aromatic N) is 3. The monoisotopic (exact) mass is 426 g/mol. The molecule has 1 amide bonds. The molecule has 0 spiro atoms. The highest BCUT2D eigenvalue weighted by Gasteiger charge is 2.24. The molecule has 1 saturated carbocycles. The Morgan fingerprint density at radius 2 is 1.79 bits per heavy atom. The Morgan fingerprint density at radius 3 is 2.48 bits per heavy atom. The maximum atomic E-state index is 12.7. The molecule has 29 heavy (non-hydrogen) atoms. The van der Waals surface area contributed by atoms with Crippen molar-refractivity contribution in [1.29, 1.82) is 0 Å². The second-order valence-corrected chi connectivity index (χ2v) is 8.98. The van der Waals surface area contributed by atoms with Crippen molar-refractivity contribution in [3.05, 3.63) is 59.6 Å². The second-order valence-electron chi connectivity index (χ2n) is 7.23. The van der Waals surface area contributed by atoms with E-state index in [4.69, 9.17) is 11.6 Å². The summed E-state index contributed by atoms with van der Waals surface area (Å²) in [6, 6.07) is 17.8. The zero-order valence-electron chi connectivity index (χ0n) is 16.2. The summed E-state index contributed by atoms with van der Waals surface area (Å²) >= 11 is 7.47. The third-order valence-corrected chi connectivity index (χ3v) is 6.40. The first-order chi connectivity index (χ1) is 14.1. The quantitative estimate of drug-likeness (QED) is 0.555. The molecule has 3 aromatic rings. The van der Waals surface area contributed by atoms with Crippen molar-refractivity contribution in [2.75, 3.05) is 0 Å². The van der Waals surface area contributed by atoms with Crippen molar-refractivity contribution in [1.82, 2.24) is 20.1 Å². The predicted molar refractivity (Wildman–Crippen MR) is 118 cm³/mol. The van der Waals surface area contributed by atoms with Crippen LogP contribution in [0.2, 0.25) is 5.02 Å². The number of aromatic nitrogens is 3. The zero-order chi connectivity index (χ0) is 20.2. The van der Waals surface area contributed by atoms with Crippen LogP contribution in [0.1, 0.15) is 32.6 Å². The third kappa shape index (κ3) is 4.65. The molecule has 5 nitrogen and oxygen atoms in total. The SMILES string of the molecule is CC(Sc1nnc(-c2ccc(Cl)cc2)n1-c1ccccc1)C(=O)NC1CCCC1. The molecular formula is C22H23ClN4OS. The standard InChI is InChI=1S/C22H23ClN4OS/c1-15(21(28)24-18-7-5-6-8-18)29-22-26-25-20(16-11-13-17(23)14-12-16)27(22)19-9-3-2-4-10-19/h2-4,9-15,18H,5-8H2,1H3,(H,24,28). The van der Waals surface area contributed by atoms with Crippen LogP contribution in [-0.4, -0.2) is 32.0 Å². The van der Waals surface area contributed by atoms with Crippen LogP contribution in [0.3, 0.4) is 0 Å². The Labute approximate surface area is 179 Å². The van der Waals surface area contributed by atoms with Crippen LogP contribution in [0.25, 0.3) is 17.1 Å². The molecule has 0 aliphatic heterocycles. The van der Waals surface area contributed by atoms with E-state index in [-0.39, 0.29) is 11.2 Å². The van der Waals surface area contributed by atoms with Gasteiger partial charge >= 0.3 is 0 Å². The first kappa shape index (κ1) is 20.0. The zero-order valence-corrected chi connectivity index (χ0v) is 17.8. The Bertz CT molecular complexity index is 968. The maximum Gasteiger partial charge on any atom is 0.233 e. The van der Waals surface area contributed by atoms with Gasteiger partial charge in [-0.05, 0) is 56.2 Å². The fourth-order valence-corrected chi connectivity index (χ4v) is 4.54. The molecule has 1 N–H and O–H groups in total. The van der Waals surface area contributed by atoms with E-state index in [0.29, 0.717) is 16.2 Å². The summed E-state index contributed by atoms with van der Waals surface area (Å²) in [5, 5.41) is 13.1. The summed E-state index contributed by atoms with van der Waals surface area (Å²) in [6.45, 7) is 1.92. The molecule has 2 aromatic carbocycles. The summed E-state index contributed by atoms with van der Waals surface area (Å²) in [5.41, 5.74) is 1.87. The molecule has 1 fully saturated rings. The molecule has 1 heterocycles. The van der Waals surface area contributed by atoms with E-state index in [1.807, 2.05) is 66.1 Å². The molecule has 1 aliphatic carbocycles. The van der Waals surface area contributed by atoms with Gasteiger partial charge in [0.05, 0.1) is 5.25 Å². The number of carbonyl (C=O) groups is 1. The highest BCUT2D eigenvalue weighted by molar-refractivity contribution is 8.00. The molecule has 1 aliphatic rings. The number of para-hydroxylation sites is 1. The minimum Gasteiger partial charge on any atom is -0.352 e. The van der Waals surface area contributed by atoms with Crippen molar-refractivity contribution in [2.24, 2.45) is 0 Å². The third-order valence-electron chi connectivity index (χ3n) is 5.10. The van der Waals surface area contributed by atoms with Crippen molar-refractivity contribution in [2.45, 2.75) is 49.1 Å². The molecule has 0 bridgehead atoms. The molecular weight excluding hydrogens is 404 g/mol. The number of rotatable bonds is 6. The molecule has 4 rings (SSSR count). The number of hydrogen-bond acceptors (Lipinski definition) is 4. The van der Waals surface area contributed by atoms with E-state index >= 15 is 0 Å². The lowest BCUT2D eigenvalue weighted by atomic mass is 10.2. The lowest BCUT2D eigenvalue weighted by molar-refractivity contribution is -0.120. The van der Waals surface area contributed by atoms with Gasteiger partial charge in [-0.2, -0.15) is 0 Å². The average Bonchev–Trinajstić information content (AvgIpc) is 3.39. The minimum atomic E-state index is -0.264. The van der Waals surface area contributed by atoms with Crippen LogP contribution in [0.5, 0.6) is 0 Å². The number of amides is 1. The molecule has 0 radical (unpaired) electrons. The Hall–Kier alpha value is -2.31. The summed E-state index contributed by atoms with van der Waals surface area (Å²) < 4.78 is 1.99. The largest absolute Gasteiger partial charge is 0.352 e. The van der Waals surface area contributed by atoms with E-state index in [1.165, 1.54) is 24.6 Å². The van der Waals surface area contributed by atoms with Gasteiger partial charge < -0.3 is 5.32 Å². The fourth-order valence-electron chi connectivity index (χ4n) is 3.54. The summed E-state index contributed by atoms with van der Waals surface area (Å²) in [4.78, 5) is 12.7. The normalized spacial score (nSPS) is 15.4. The number of hydrogen-bond donors (Lipinski definition) is 1. The first-order valence-corrected chi connectivity index (χ1v) is 11.1. The van der Waals surface area contributed by atoms with Crippen LogP contribution >= 0.6 is 23.4 Å². The van der Waals surface area contributed by atoms with Gasteiger partial charge in [-0.25, -0.2) is 0 Å². The van der Waals surface area contributed by atoms with E-state index < -0.39 is 0 Å². The van der Waals surface area contributed by atoms with Crippen LogP contribution in [-0.2, 0) is 4.79 Å². The Balaban J connectivity index is 1.62. The molecule has 1 unspecified atom stereocenters. The van der Waals surface area contributed by atoms with Gasteiger partial charge in [0.15, 0.2) is 11.0 Å². The van der Waals surface area contributed by atoms with Crippen molar-refractivity contribution < 1.29 is 4.79 Å². The fraction of sp³-hybridized carbons (Fsp3) is 0.318. The highest BCUT2D eigenvalue weighted by atomic mass is 35.5. The van der Waals surface area contributed by atoms with Gasteiger partial charge in [0.25, 0.3) is 0 Å². The number of halogens is 1. The average molecular weight is 427 g/mol. The lowest BCUT2D eigenvalue weighted by Crippen LogP contribution is -2.37. The number of benzene rings is 2. The Morgan fingerprint density at radius 1 is 1.10 bits per heavy atom. The van der Waals surface area contributed by atoms with E-state index in [9.17, 15) is 4.79 Å². The van der Waals surface area contributed by atoms with E-state index in [1.54, 1.807) is 0 Å². The smallest absolute Gasteiger partial charge is 0.233 e. The number of nitrogens with one attached hydrogen (secondary N) is 1. The second kappa shape index (κ2) is 9.01. The first-order valence-electron chi connectivity index (χ1n) is 9.85.